The lowest BCUT2D eigenvalue weighted by atomic mass is 9.89. The number of fused-ring (bicyclic) bond motifs is 1. The van der Waals surface area contributed by atoms with Gasteiger partial charge in [0.25, 0.3) is 0 Å². The Morgan fingerprint density at radius 1 is 1.19 bits per heavy atom. The molecule has 0 saturated carbocycles. The van der Waals surface area contributed by atoms with Crippen LogP contribution in [0.4, 0.5) is 0 Å². The number of rotatable bonds is 5. The third kappa shape index (κ3) is 4.79. The molecule has 6 nitrogen and oxygen atoms in total. The molecule has 2 atom stereocenters. The van der Waals surface area contributed by atoms with Gasteiger partial charge in [-0.3, -0.25) is 14.8 Å². The van der Waals surface area contributed by atoms with Gasteiger partial charge >= 0.3 is 0 Å². The van der Waals surface area contributed by atoms with Crippen molar-refractivity contribution < 1.29 is 9.53 Å². The number of amides is 1. The zero-order valence-corrected chi connectivity index (χ0v) is 19.4. The van der Waals surface area contributed by atoms with E-state index in [1.54, 1.807) is 7.11 Å². The molecule has 2 aliphatic heterocycles. The Morgan fingerprint density at radius 3 is 2.77 bits per heavy atom. The Hall–Kier alpha value is -2.34. The highest BCUT2D eigenvalue weighted by Gasteiger charge is 2.40. The molecule has 1 aromatic heterocycles. The molecule has 2 aromatic rings. The number of carbonyl (C=O) groups is 1. The fourth-order valence-corrected chi connectivity index (χ4v) is 5.31. The van der Waals surface area contributed by atoms with Gasteiger partial charge in [0.2, 0.25) is 5.91 Å². The van der Waals surface area contributed by atoms with Crippen molar-refractivity contribution in [1.82, 2.24) is 20.0 Å². The van der Waals surface area contributed by atoms with Crippen LogP contribution in [0.2, 0.25) is 0 Å². The Kier molecular flexibility index (Phi) is 6.37. The van der Waals surface area contributed by atoms with E-state index in [2.05, 4.69) is 40.8 Å². The zero-order chi connectivity index (χ0) is 22.0. The van der Waals surface area contributed by atoms with E-state index < -0.39 is 0 Å². The fourth-order valence-electron chi connectivity index (χ4n) is 5.31. The van der Waals surface area contributed by atoms with Crippen LogP contribution in [0.25, 0.3) is 0 Å². The molecule has 31 heavy (non-hydrogen) atoms. The summed E-state index contributed by atoms with van der Waals surface area (Å²) in [6, 6.07) is 8.16. The second-order valence-electron chi connectivity index (χ2n) is 10.1. The van der Waals surface area contributed by atoms with Crippen LogP contribution in [0, 0.1) is 5.92 Å². The van der Waals surface area contributed by atoms with Crippen molar-refractivity contribution in [2.75, 3.05) is 26.7 Å². The van der Waals surface area contributed by atoms with Crippen LogP contribution in [-0.2, 0) is 23.2 Å². The van der Waals surface area contributed by atoms with Gasteiger partial charge in [0.1, 0.15) is 5.75 Å². The van der Waals surface area contributed by atoms with Crippen LogP contribution in [0.15, 0.2) is 30.5 Å². The van der Waals surface area contributed by atoms with E-state index in [0.29, 0.717) is 18.4 Å². The molecule has 168 valence electrons. The maximum absolute atomic E-state index is 13.4. The molecule has 2 fully saturated rings. The van der Waals surface area contributed by atoms with Gasteiger partial charge in [-0.1, -0.05) is 45.4 Å². The van der Waals surface area contributed by atoms with Crippen LogP contribution in [0.5, 0.6) is 5.75 Å². The molecule has 1 amide bonds. The Morgan fingerprint density at radius 2 is 2.00 bits per heavy atom. The maximum Gasteiger partial charge on any atom is 0.227 e. The Labute approximate surface area is 186 Å². The predicted molar refractivity (Wildman–Crippen MR) is 122 cm³/mol. The highest BCUT2D eigenvalue weighted by molar-refractivity contribution is 5.80. The van der Waals surface area contributed by atoms with Gasteiger partial charge in [0, 0.05) is 54.5 Å². The summed E-state index contributed by atoms with van der Waals surface area (Å²) in [5.41, 5.74) is 3.51. The van der Waals surface area contributed by atoms with Crippen molar-refractivity contribution in [2.45, 2.75) is 64.5 Å². The average Bonchev–Trinajstić information content (AvgIpc) is 3.31. The third-order valence-electron chi connectivity index (χ3n) is 6.82. The summed E-state index contributed by atoms with van der Waals surface area (Å²) in [6.07, 6.45) is 5.88. The fraction of sp³-hybridized carbons (Fsp3) is 0.600. The normalized spacial score (nSPS) is 22.3. The molecule has 4 rings (SSSR count). The number of hydrogen-bond donors (Lipinski definition) is 1. The lowest BCUT2D eigenvalue weighted by Crippen LogP contribution is -2.45. The van der Waals surface area contributed by atoms with Crippen molar-refractivity contribution in [3.63, 3.8) is 0 Å². The van der Waals surface area contributed by atoms with Crippen LogP contribution >= 0.6 is 0 Å². The summed E-state index contributed by atoms with van der Waals surface area (Å²) < 4.78 is 5.47. The smallest absolute Gasteiger partial charge is 0.227 e. The summed E-state index contributed by atoms with van der Waals surface area (Å²) in [5, 5.41) is 7.52. The molecule has 0 bridgehead atoms. The number of aromatic amines is 1. The third-order valence-corrected chi connectivity index (χ3v) is 6.82. The van der Waals surface area contributed by atoms with E-state index >= 15 is 0 Å². The van der Waals surface area contributed by atoms with E-state index in [4.69, 9.17) is 4.74 Å². The Bertz CT molecular complexity index is 901. The van der Waals surface area contributed by atoms with Crippen LogP contribution in [0.3, 0.4) is 0 Å². The molecule has 0 aliphatic carbocycles. The first-order chi connectivity index (χ1) is 14.9. The molecule has 3 heterocycles. The second kappa shape index (κ2) is 9.03. The topological polar surface area (TPSA) is 61.5 Å². The minimum absolute atomic E-state index is 0.0482. The first-order valence-electron chi connectivity index (χ1n) is 11.5. The molecule has 2 saturated heterocycles. The predicted octanol–water partition coefficient (Wildman–Crippen LogP) is 3.77. The molecule has 2 aliphatic rings. The minimum Gasteiger partial charge on any atom is -0.496 e. The number of H-pyrrole nitrogens is 1. The van der Waals surface area contributed by atoms with E-state index in [0.717, 1.165) is 43.9 Å². The van der Waals surface area contributed by atoms with Crippen molar-refractivity contribution >= 4 is 5.91 Å². The average molecular weight is 425 g/mol. The number of nitrogens with zero attached hydrogens (tertiary/aromatic N) is 3. The van der Waals surface area contributed by atoms with Gasteiger partial charge in [-0.25, -0.2) is 0 Å². The lowest BCUT2D eigenvalue weighted by molar-refractivity contribution is -0.133. The molecular formula is C25H36N4O2. The highest BCUT2D eigenvalue weighted by Crippen LogP contribution is 2.33. The summed E-state index contributed by atoms with van der Waals surface area (Å²) in [5.74, 6) is 1.57. The monoisotopic (exact) mass is 424 g/mol. The standard InChI is InChI=1S/C25H36N4O2/c1-25(2,3)24-20(14-26-27-24)16-28-15-19-10-7-8-12-29(21(19)17-28)23(30)13-18-9-5-6-11-22(18)31-4/h5-6,9,11,14,19,21H,7-8,10,12-13,15-17H2,1-4H3,(H,26,27)/t19-,21+/m0/s1. The molecule has 0 unspecified atom stereocenters. The zero-order valence-electron chi connectivity index (χ0n) is 19.4. The van der Waals surface area contributed by atoms with Gasteiger partial charge in [0.05, 0.1) is 19.7 Å². The lowest BCUT2D eigenvalue weighted by Gasteiger charge is -2.31. The number of likely N-dealkylation sites (tertiary alicyclic amines) is 2. The van der Waals surface area contributed by atoms with Gasteiger partial charge < -0.3 is 9.64 Å². The molecule has 0 radical (unpaired) electrons. The van der Waals surface area contributed by atoms with Crippen molar-refractivity contribution in [2.24, 2.45) is 5.92 Å². The van der Waals surface area contributed by atoms with E-state index in [9.17, 15) is 4.79 Å². The van der Waals surface area contributed by atoms with Crippen LogP contribution in [-0.4, -0.2) is 58.7 Å². The van der Waals surface area contributed by atoms with Gasteiger partial charge in [-0.15, -0.1) is 0 Å². The van der Waals surface area contributed by atoms with Crippen LogP contribution in [0.1, 0.15) is 56.9 Å². The molecule has 1 aromatic carbocycles. The number of methoxy groups -OCH3 is 1. The first kappa shape index (κ1) is 21.9. The van der Waals surface area contributed by atoms with E-state index in [1.807, 2.05) is 30.5 Å². The number of hydrogen-bond acceptors (Lipinski definition) is 4. The molecular weight excluding hydrogens is 388 g/mol. The van der Waals surface area contributed by atoms with Gasteiger partial charge in [-0.05, 0) is 24.8 Å². The highest BCUT2D eigenvalue weighted by atomic mass is 16.5. The molecule has 6 heteroatoms. The Balaban J connectivity index is 1.47. The van der Waals surface area contributed by atoms with Crippen LogP contribution < -0.4 is 4.74 Å². The first-order valence-corrected chi connectivity index (χ1v) is 11.5. The summed E-state index contributed by atoms with van der Waals surface area (Å²) >= 11 is 0. The summed E-state index contributed by atoms with van der Waals surface area (Å²) in [4.78, 5) is 18.1. The van der Waals surface area contributed by atoms with E-state index in [1.165, 1.54) is 24.1 Å². The number of ether oxygens (including phenoxy) is 1. The van der Waals surface area contributed by atoms with Gasteiger partial charge in [0.15, 0.2) is 0 Å². The molecule has 1 N–H and O–H groups in total. The number of aromatic nitrogens is 2. The molecule has 0 spiro atoms. The van der Waals surface area contributed by atoms with Gasteiger partial charge in [-0.2, -0.15) is 5.10 Å². The second-order valence-corrected chi connectivity index (χ2v) is 10.1. The SMILES string of the molecule is COc1ccccc1CC(=O)N1CCCC[C@H]2CN(Cc3cn[nH]c3C(C)(C)C)C[C@H]21. The summed E-state index contributed by atoms with van der Waals surface area (Å²) in [7, 11) is 1.67. The summed E-state index contributed by atoms with van der Waals surface area (Å²) in [6.45, 7) is 10.4. The quantitative estimate of drug-likeness (QED) is 0.794. The number of benzene rings is 1. The van der Waals surface area contributed by atoms with Crippen molar-refractivity contribution in [3.05, 3.63) is 47.3 Å². The number of nitrogens with one attached hydrogen (secondary N) is 1. The largest absolute Gasteiger partial charge is 0.496 e. The number of carbonyl (C=O) groups excluding carboxylic acids is 1. The van der Waals surface area contributed by atoms with E-state index in [-0.39, 0.29) is 11.3 Å². The minimum atomic E-state index is 0.0482. The maximum atomic E-state index is 13.4. The van der Waals surface area contributed by atoms with Crippen molar-refractivity contribution in [3.8, 4) is 5.75 Å². The number of para-hydroxylation sites is 1. The van der Waals surface area contributed by atoms with Crippen molar-refractivity contribution in [1.29, 1.82) is 0 Å².